The van der Waals surface area contributed by atoms with Gasteiger partial charge in [-0.05, 0) is 0 Å². The summed E-state index contributed by atoms with van der Waals surface area (Å²) in [7, 11) is 0. The SMILES string of the molecule is O=C(I)CN1CCN(CC(=O)NI)CC1. The van der Waals surface area contributed by atoms with Gasteiger partial charge in [0.25, 0.3) is 0 Å². The first-order valence-corrected chi connectivity index (χ1v) is 6.80. The summed E-state index contributed by atoms with van der Waals surface area (Å²) >= 11 is 3.66. The second-order valence-electron chi connectivity index (χ2n) is 3.43. The van der Waals surface area contributed by atoms with Crippen molar-refractivity contribution in [2.24, 2.45) is 0 Å². The minimum absolute atomic E-state index is 0.0361. The van der Waals surface area contributed by atoms with E-state index in [1.165, 1.54) is 0 Å². The third-order valence-electron chi connectivity index (χ3n) is 2.29. The number of amides is 1. The van der Waals surface area contributed by atoms with E-state index < -0.39 is 0 Å². The Labute approximate surface area is 117 Å². The number of nitrogens with one attached hydrogen (secondary N) is 1. The Morgan fingerprint density at radius 1 is 1.07 bits per heavy atom. The van der Waals surface area contributed by atoms with Gasteiger partial charge in [-0.25, -0.2) is 0 Å². The fourth-order valence-electron chi connectivity index (χ4n) is 1.51. The number of carbonyl (C=O) groups excluding carboxylic acids is 2. The maximum absolute atomic E-state index is 11.1. The van der Waals surface area contributed by atoms with Crippen molar-refractivity contribution in [3.63, 3.8) is 0 Å². The van der Waals surface area contributed by atoms with Gasteiger partial charge in [-0.3, -0.25) is 22.9 Å². The molecule has 1 rings (SSSR count). The molecule has 1 fully saturated rings. The van der Waals surface area contributed by atoms with Crippen LogP contribution in [0.1, 0.15) is 0 Å². The first kappa shape index (κ1) is 13.6. The Balaban J connectivity index is 2.23. The third kappa shape index (κ3) is 5.41. The number of carbonyl (C=O) groups is 2. The lowest BCUT2D eigenvalue weighted by Crippen LogP contribution is -2.49. The normalized spacial score (nSPS) is 18.8. The number of hydrogen-bond donors (Lipinski definition) is 1. The molecule has 1 heterocycles. The van der Waals surface area contributed by atoms with E-state index in [-0.39, 0.29) is 9.70 Å². The molecule has 0 aromatic carbocycles. The molecule has 1 aliphatic heterocycles. The van der Waals surface area contributed by atoms with Crippen LogP contribution in [0, 0.1) is 0 Å². The average molecular weight is 437 g/mol. The van der Waals surface area contributed by atoms with E-state index in [1.807, 2.05) is 45.5 Å². The summed E-state index contributed by atoms with van der Waals surface area (Å²) in [4.78, 5) is 26.2. The number of nitrogens with zero attached hydrogens (tertiary/aromatic N) is 2. The molecular formula is C8H13I2N3O2. The summed E-state index contributed by atoms with van der Waals surface area (Å²) in [6.07, 6.45) is 0. The van der Waals surface area contributed by atoms with E-state index in [1.54, 1.807) is 0 Å². The smallest absolute Gasteiger partial charge is 0.242 e. The van der Waals surface area contributed by atoms with Crippen molar-refractivity contribution >= 4 is 55.2 Å². The molecule has 0 aromatic rings. The highest BCUT2D eigenvalue weighted by Gasteiger charge is 2.19. The lowest BCUT2D eigenvalue weighted by Gasteiger charge is -2.33. The Kier molecular flexibility index (Phi) is 6.31. The second kappa shape index (κ2) is 6.97. The molecule has 1 saturated heterocycles. The number of piperazine rings is 1. The van der Waals surface area contributed by atoms with Gasteiger partial charge in [-0.15, -0.1) is 0 Å². The molecule has 0 bridgehead atoms. The molecule has 1 amide bonds. The van der Waals surface area contributed by atoms with Gasteiger partial charge in [0.15, 0.2) is 0 Å². The van der Waals surface area contributed by atoms with Crippen molar-refractivity contribution in [3.05, 3.63) is 0 Å². The van der Waals surface area contributed by atoms with Gasteiger partial charge < -0.3 is 0 Å². The van der Waals surface area contributed by atoms with E-state index in [2.05, 4.69) is 13.3 Å². The van der Waals surface area contributed by atoms with Gasteiger partial charge in [0.2, 0.25) is 9.70 Å². The highest BCUT2D eigenvalue weighted by molar-refractivity contribution is 14.1. The predicted molar refractivity (Wildman–Crippen MR) is 74.1 cm³/mol. The standard InChI is InChI=1S/C8H13I2N3O2/c9-7(14)5-12-1-3-13(4-2-12)6-8(15)11-10/h1-6H2,(H,11,15). The molecule has 0 atom stereocenters. The molecule has 15 heavy (non-hydrogen) atoms. The molecule has 5 nitrogen and oxygen atoms in total. The molecule has 0 saturated carbocycles. The van der Waals surface area contributed by atoms with Crippen LogP contribution in [0.25, 0.3) is 0 Å². The lowest BCUT2D eigenvalue weighted by molar-refractivity contribution is -0.120. The van der Waals surface area contributed by atoms with Gasteiger partial charge in [0.05, 0.1) is 36.0 Å². The maximum atomic E-state index is 11.1. The van der Waals surface area contributed by atoms with Gasteiger partial charge in [0.1, 0.15) is 0 Å². The lowest BCUT2D eigenvalue weighted by atomic mass is 10.3. The molecule has 0 radical (unpaired) electrons. The van der Waals surface area contributed by atoms with E-state index in [9.17, 15) is 9.59 Å². The quantitative estimate of drug-likeness (QED) is 0.384. The molecule has 7 heteroatoms. The first-order valence-electron chi connectivity index (χ1n) is 4.64. The third-order valence-corrected chi connectivity index (χ3v) is 3.23. The summed E-state index contributed by atoms with van der Waals surface area (Å²) in [5.41, 5.74) is 0. The number of rotatable bonds is 4. The van der Waals surface area contributed by atoms with Crippen LogP contribution in [-0.2, 0) is 9.59 Å². The molecule has 1 aliphatic rings. The minimum atomic E-state index is 0.0361. The topological polar surface area (TPSA) is 52.7 Å². The zero-order valence-corrected chi connectivity index (χ0v) is 12.5. The molecule has 0 spiro atoms. The van der Waals surface area contributed by atoms with Crippen LogP contribution in [0.4, 0.5) is 0 Å². The zero-order chi connectivity index (χ0) is 11.3. The van der Waals surface area contributed by atoms with Gasteiger partial charge in [0, 0.05) is 48.8 Å². The summed E-state index contributed by atoms with van der Waals surface area (Å²) in [5.74, 6) is 0.0361. The van der Waals surface area contributed by atoms with Crippen molar-refractivity contribution < 1.29 is 9.59 Å². The summed E-state index contributed by atoms with van der Waals surface area (Å²) < 4.78 is 2.75. The van der Waals surface area contributed by atoms with Gasteiger partial charge in [-0.1, -0.05) is 0 Å². The van der Waals surface area contributed by atoms with Crippen LogP contribution in [-0.4, -0.2) is 58.8 Å². The molecule has 0 aliphatic carbocycles. The van der Waals surface area contributed by atoms with E-state index >= 15 is 0 Å². The van der Waals surface area contributed by atoms with E-state index in [0.29, 0.717) is 13.1 Å². The van der Waals surface area contributed by atoms with Gasteiger partial charge in [-0.2, -0.15) is 0 Å². The van der Waals surface area contributed by atoms with Crippen LogP contribution < -0.4 is 3.53 Å². The van der Waals surface area contributed by atoms with Crippen LogP contribution in [0.15, 0.2) is 0 Å². The molecule has 0 unspecified atom stereocenters. The Morgan fingerprint density at radius 2 is 1.53 bits per heavy atom. The van der Waals surface area contributed by atoms with Crippen molar-refractivity contribution in [2.75, 3.05) is 39.3 Å². The molecular weight excluding hydrogens is 424 g/mol. The van der Waals surface area contributed by atoms with E-state index in [0.717, 1.165) is 26.2 Å². The highest BCUT2D eigenvalue weighted by Crippen LogP contribution is 2.02. The zero-order valence-electron chi connectivity index (χ0n) is 8.21. The summed E-state index contributed by atoms with van der Waals surface area (Å²) in [5, 5.41) is 0. The maximum Gasteiger partial charge on any atom is 0.242 e. The summed E-state index contributed by atoms with van der Waals surface area (Å²) in [6.45, 7) is 4.41. The minimum Gasteiger partial charge on any atom is -0.298 e. The predicted octanol–water partition coefficient (Wildman–Crippen LogP) is 0.0318. The van der Waals surface area contributed by atoms with Crippen LogP contribution in [0.2, 0.25) is 0 Å². The average Bonchev–Trinajstić information content (AvgIpc) is 2.20. The summed E-state index contributed by atoms with van der Waals surface area (Å²) in [6, 6.07) is 0. The monoisotopic (exact) mass is 437 g/mol. The van der Waals surface area contributed by atoms with Crippen LogP contribution in [0.5, 0.6) is 0 Å². The van der Waals surface area contributed by atoms with Crippen LogP contribution >= 0.6 is 45.5 Å². The van der Waals surface area contributed by atoms with Crippen LogP contribution in [0.3, 0.4) is 0 Å². The fourth-order valence-corrected chi connectivity index (χ4v) is 2.17. The second-order valence-corrected chi connectivity index (χ2v) is 5.17. The fraction of sp³-hybridized carbons (Fsp3) is 0.750. The van der Waals surface area contributed by atoms with Crippen molar-refractivity contribution in [2.45, 2.75) is 0 Å². The molecule has 0 aromatic heterocycles. The number of halogens is 2. The Morgan fingerprint density at radius 3 is 1.93 bits per heavy atom. The number of hydrogen-bond acceptors (Lipinski definition) is 4. The van der Waals surface area contributed by atoms with Gasteiger partial charge >= 0.3 is 0 Å². The highest BCUT2D eigenvalue weighted by atomic mass is 127. The van der Waals surface area contributed by atoms with Crippen molar-refractivity contribution in [1.82, 2.24) is 13.3 Å². The van der Waals surface area contributed by atoms with Crippen molar-refractivity contribution in [1.29, 1.82) is 0 Å². The van der Waals surface area contributed by atoms with Crippen molar-refractivity contribution in [3.8, 4) is 0 Å². The molecule has 86 valence electrons. The largest absolute Gasteiger partial charge is 0.298 e. The van der Waals surface area contributed by atoms with E-state index in [4.69, 9.17) is 0 Å². The Bertz CT molecular complexity index is 242. The Hall–Kier alpha value is 0.520. The first-order chi connectivity index (χ1) is 7.11. The molecule has 1 N–H and O–H groups in total.